The van der Waals surface area contributed by atoms with Crippen LogP contribution in [0.5, 0.6) is 0 Å². The first-order chi connectivity index (χ1) is 13.6. The summed E-state index contributed by atoms with van der Waals surface area (Å²) in [6.45, 7) is 18.0. The van der Waals surface area contributed by atoms with Crippen molar-refractivity contribution in [2.75, 3.05) is 6.61 Å². The monoisotopic (exact) mass is 418 g/mol. The molecule has 156 valence electrons. The summed E-state index contributed by atoms with van der Waals surface area (Å²) in [5.74, 6) is -1.63. The summed E-state index contributed by atoms with van der Waals surface area (Å²) in [7, 11) is 0. The Kier molecular flexibility index (Phi) is 7.48. The molecule has 0 spiro atoms. The quantitative estimate of drug-likeness (QED) is 0.432. The largest absolute Gasteiger partial charge is 0.462 e. The fourth-order valence-corrected chi connectivity index (χ4v) is 3.56. The third-order valence-electron chi connectivity index (χ3n) is 4.81. The van der Waals surface area contributed by atoms with Gasteiger partial charge in [-0.2, -0.15) is 0 Å². The minimum atomic E-state index is -0.689. The van der Waals surface area contributed by atoms with Gasteiger partial charge in [0.2, 0.25) is 0 Å². The van der Waals surface area contributed by atoms with Crippen molar-refractivity contribution in [2.24, 2.45) is 5.41 Å². The van der Waals surface area contributed by atoms with Crippen LogP contribution in [0.2, 0.25) is 5.02 Å². The molecule has 2 rings (SSSR count). The number of ether oxygens (including phenoxy) is 1. The van der Waals surface area contributed by atoms with Crippen molar-refractivity contribution < 1.29 is 13.9 Å². The summed E-state index contributed by atoms with van der Waals surface area (Å²) < 4.78 is 19.2. The Bertz CT molecular complexity index is 891. The molecule has 1 aliphatic rings. The van der Waals surface area contributed by atoms with E-state index in [2.05, 4.69) is 30.9 Å². The number of nitrogens with one attached hydrogen (secondary N) is 1. The number of nitrogens with zero attached hydrogens (tertiary/aromatic N) is 1. The number of allylic oxidation sites excluding steroid dienone is 3. The van der Waals surface area contributed by atoms with Crippen LogP contribution >= 0.6 is 11.6 Å². The van der Waals surface area contributed by atoms with Crippen LogP contribution in [0.15, 0.2) is 40.9 Å². The zero-order valence-corrected chi connectivity index (χ0v) is 18.4. The van der Waals surface area contributed by atoms with E-state index in [0.717, 1.165) is 18.5 Å². The van der Waals surface area contributed by atoms with Crippen molar-refractivity contribution in [1.82, 2.24) is 5.32 Å². The second kappa shape index (κ2) is 9.45. The molecule has 0 amide bonds. The molecule has 29 heavy (non-hydrogen) atoms. The molecule has 4 nitrogen and oxygen atoms in total. The number of carbonyl (C=O) groups is 1. The van der Waals surface area contributed by atoms with Gasteiger partial charge in [0.05, 0.1) is 24.7 Å². The summed E-state index contributed by atoms with van der Waals surface area (Å²) in [5, 5.41) is 3.40. The zero-order valence-electron chi connectivity index (χ0n) is 17.7. The Balaban J connectivity index is 2.54. The van der Waals surface area contributed by atoms with E-state index in [1.807, 2.05) is 6.92 Å². The van der Waals surface area contributed by atoms with Crippen molar-refractivity contribution in [1.29, 1.82) is 0 Å². The zero-order chi connectivity index (χ0) is 21.8. The van der Waals surface area contributed by atoms with Gasteiger partial charge in [0.15, 0.2) is 5.70 Å². The number of carbonyl (C=O) groups excluding carboxylic acids is 1. The molecule has 1 atom stereocenters. The highest BCUT2D eigenvalue weighted by atomic mass is 35.5. The molecule has 0 radical (unpaired) electrons. The van der Waals surface area contributed by atoms with Crippen molar-refractivity contribution >= 4 is 17.6 Å². The second-order valence-electron chi connectivity index (χ2n) is 8.43. The number of esters is 1. The molecule has 0 saturated carbocycles. The number of benzene rings is 1. The average Bonchev–Trinajstić information content (AvgIpc) is 2.60. The maximum Gasteiger partial charge on any atom is 0.335 e. The van der Waals surface area contributed by atoms with E-state index in [4.69, 9.17) is 22.9 Å². The second-order valence-corrected chi connectivity index (χ2v) is 8.84. The van der Waals surface area contributed by atoms with E-state index in [1.54, 1.807) is 6.92 Å². The highest BCUT2D eigenvalue weighted by Gasteiger charge is 2.36. The number of hydrogen-bond donors (Lipinski definition) is 1. The highest BCUT2D eigenvalue weighted by molar-refractivity contribution is 6.31. The van der Waals surface area contributed by atoms with Crippen LogP contribution in [0.25, 0.3) is 4.85 Å². The van der Waals surface area contributed by atoms with Crippen LogP contribution in [0, 0.1) is 17.8 Å². The van der Waals surface area contributed by atoms with Gasteiger partial charge in [-0.25, -0.2) is 14.0 Å². The van der Waals surface area contributed by atoms with Crippen molar-refractivity contribution in [2.45, 2.75) is 59.8 Å². The van der Waals surface area contributed by atoms with Gasteiger partial charge >= 0.3 is 5.97 Å². The molecule has 1 aromatic rings. The van der Waals surface area contributed by atoms with Gasteiger partial charge in [-0.1, -0.05) is 51.8 Å². The maximum absolute atomic E-state index is 13.6. The molecule has 1 aliphatic heterocycles. The Morgan fingerprint density at radius 1 is 1.38 bits per heavy atom. The summed E-state index contributed by atoms with van der Waals surface area (Å²) >= 11 is 6.33. The SMILES string of the molecule is [C-]#[N+]C1=C(C)NC(CCC)=C(C(=O)OCCC(C)(C)C)C1c1ccc(F)cc1Cl. The molecule has 1 aromatic carbocycles. The first kappa shape index (κ1) is 23.0. The molecule has 1 unspecified atom stereocenters. The van der Waals surface area contributed by atoms with Crippen molar-refractivity contribution in [3.63, 3.8) is 0 Å². The molecule has 1 N–H and O–H groups in total. The number of halogens is 2. The first-order valence-corrected chi connectivity index (χ1v) is 10.2. The van der Waals surface area contributed by atoms with Gasteiger partial charge in [-0.05, 0) is 42.9 Å². The van der Waals surface area contributed by atoms with Gasteiger partial charge in [0.1, 0.15) is 5.82 Å². The maximum atomic E-state index is 13.6. The number of dihydropyridines is 1. The van der Waals surface area contributed by atoms with Crippen LogP contribution in [0.4, 0.5) is 4.39 Å². The van der Waals surface area contributed by atoms with Gasteiger partial charge < -0.3 is 10.1 Å². The number of rotatable bonds is 6. The molecule has 0 bridgehead atoms. The topological polar surface area (TPSA) is 42.7 Å². The standard InChI is InChI=1S/C23H28ClFN2O2/c1-7-8-18-20(22(28)29-12-11-23(3,4)5)19(21(26-6)14(2)27-18)16-10-9-15(25)13-17(16)24/h9-10,13,19,27H,7-8,11-12H2,1-5H3. The Morgan fingerprint density at radius 3 is 2.62 bits per heavy atom. The molecular formula is C23H28ClFN2O2. The molecule has 1 heterocycles. The van der Waals surface area contributed by atoms with E-state index in [9.17, 15) is 9.18 Å². The Labute approximate surface area is 177 Å². The van der Waals surface area contributed by atoms with Crippen LogP contribution < -0.4 is 5.32 Å². The van der Waals surface area contributed by atoms with E-state index in [1.165, 1.54) is 18.2 Å². The summed E-state index contributed by atoms with van der Waals surface area (Å²) in [4.78, 5) is 16.8. The molecule has 0 saturated heterocycles. The highest BCUT2D eigenvalue weighted by Crippen LogP contribution is 2.42. The minimum absolute atomic E-state index is 0.0313. The summed E-state index contributed by atoms with van der Waals surface area (Å²) in [5.41, 5.74) is 2.69. The lowest BCUT2D eigenvalue weighted by molar-refractivity contribution is -0.140. The lowest BCUT2D eigenvalue weighted by atomic mass is 9.83. The van der Waals surface area contributed by atoms with E-state index in [-0.39, 0.29) is 17.0 Å². The third-order valence-corrected chi connectivity index (χ3v) is 5.14. The van der Waals surface area contributed by atoms with Gasteiger partial charge in [0.25, 0.3) is 0 Å². The van der Waals surface area contributed by atoms with Gasteiger partial charge in [-0.15, -0.1) is 0 Å². The molecule has 6 heteroatoms. The normalized spacial score (nSPS) is 17.1. The van der Waals surface area contributed by atoms with Gasteiger partial charge in [0, 0.05) is 16.4 Å². The Hall–Kier alpha value is -2.32. The molecular weight excluding hydrogens is 391 g/mol. The van der Waals surface area contributed by atoms with Crippen molar-refractivity contribution in [3.8, 4) is 0 Å². The molecule has 0 aliphatic carbocycles. The predicted molar refractivity (Wildman–Crippen MR) is 114 cm³/mol. The Morgan fingerprint density at radius 2 is 2.07 bits per heavy atom. The van der Waals surface area contributed by atoms with Crippen LogP contribution in [0.1, 0.15) is 65.4 Å². The first-order valence-electron chi connectivity index (χ1n) is 9.79. The smallest absolute Gasteiger partial charge is 0.335 e. The third kappa shape index (κ3) is 5.61. The van der Waals surface area contributed by atoms with Crippen LogP contribution in [0.3, 0.4) is 0 Å². The van der Waals surface area contributed by atoms with Crippen LogP contribution in [-0.4, -0.2) is 12.6 Å². The molecule has 0 aromatic heterocycles. The lowest BCUT2D eigenvalue weighted by Crippen LogP contribution is -2.30. The van der Waals surface area contributed by atoms with Gasteiger partial charge in [-0.3, -0.25) is 0 Å². The lowest BCUT2D eigenvalue weighted by Gasteiger charge is -2.30. The fourth-order valence-electron chi connectivity index (χ4n) is 3.29. The fraction of sp³-hybridized carbons (Fsp3) is 0.478. The van der Waals surface area contributed by atoms with Crippen molar-refractivity contribution in [3.05, 3.63) is 68.7 Å². The predicted octanol–water partition coefficient (Wildman–Crippen LogP) is 6.35. The van der Waals surface area contributed by atoms with Crippen LogP contribution in [-0.2, 0) is 9.53 Å². The van der Waals surface area contributed by atoms with E-state index >= 15 is 0 Å². The van der Waals surface area contributed by atoms with E-state index in [0.29, 0.717) is 29.0 Å². The molecule has 0 fully saturated rings. The summed E-state index contributed by atoms with van der Waals surface area (Å²) in [6, 6.07) is 4.04. The average molecular weight is 419 g/mol. The number of hydrogen-bond acceptors (Lipinski definition) is 3. The summed E-state index contributed by atoms with van der Waals surface area (Å²) in [6.07, 6.45) is 2.16. The minimum Gasteiger partial charge on any atom is -0.462 e. The van der Waals surface area contributed by atoms with E-state index < -0.39 is 17.7 Å².